The molecule has 8 rings (SSSR count). The summed E-state index contributed by atoms with van der Waals surface area (Å²) < 4.78 is 2.70. The lowest BCUT2D eigenvalue weighted by Crippen LogP contribution is -1.90. The summed E-state index contributed by atoms with van der Waals surface area (Å²) in [6, 6.07) is 44.9. The Balaban J connectivity index is 1.38. The van der Waals surface area contributed by atoms with Gasteiger partial charge in [0.25, 0.3) is 0 Å². The minimum Gasteiger partial charge on any atom is -0.135 e. The second-order valence-electron chi connectivity index (χ2n) is 9.76. The van der Waals surface area contributed by atoms with E-state index in [9.17, 15) is 0 Å². The van der Waals surface area contributed by atoms with Gasteiger partial charge in [-0.3, -0.25) is 0 Å². The third-order valence-corrected chi connectivity index (χ3v) is 8.81. The molecule has 0 unspecified atom stereocenters. The average molecular weight is 475 g/mol. The van der Waals surface area contributed by atoms with E-state index in [-0.39, 0.29) is 0 Å². The van der Waals surface area contributed by atoms with Crippen molar-refractivity contribution in [2.24, 2.45) is 0 Å². The van der Waals surface area contributed by atoms with Crippen LogP contribution in [0.15, 0.2) is 121 Å². The van der Waals surface area contributed by atoms with Gasteiger partial charge >= 0.3 is 0 Å². The Morgan fingerprint density at radius 2 is 1.17 bits per heavy atom. The van der Waals surface area contributed by atoms with Crippen LogP contribution in [0.2, 0.25) is 0 Å². The molecule has 1 aliphatic rings. The third-order valence-electron chi connectivity index (χ3n) is 7.68. The number of benzene rings is 6. The zero-order chi connectivity index (χ0) is 23.6. The number of rotatable bonds is 2. The van der Waals surface area contributed by atoms with Crippen molar-refractivity contribution in [3.8, 4) is 33.4 Å². The minimum absolute atomic E-state index is 0.982. The fourth-order valence-corrected chi connectivity index (χ4v) is 7.07. The van der Waals surface area contributed by atoms with Gasteiger partial charge in [0.05, 0.1) is 0 Å². The SMILES string of the molecule is c1ccc(-c2cc(-c3ccc4c(c3)sc3ccccc34)cc3c2Cc2cc4ccccc4cc2-3)cc1. The quantitative estimate of drug-likeness (QED) is 0.234. The van der Waals surface area contributed by atoms with E-state index >= 15 is 0 Å². The van der Waals surface area contributed by atoms with Gasteiger partial charge in [0.2, 0.25) is 0 Å². The Morgan fingerprint density at radius 1 is 0.444 bits per heavy atom. The smallest absolute Gasteiger partial charge is 0.0361 e. The molecule has 1 aromatic heterocycles. The topological polar surface area (TPSA) is 0 Å². The van der Waals surface area contributed by atoms with Gasteiger partial charge in [-0.1, -0.05) is 91.0 Å². The lowest BCUT2D eigenvalue weighted by atomic mass is 9.90. The lowest BCUT2D eigenvalue weighted by molar-refractivity contribution is 1.27. The average Bonchev–Trinajstić information content (AvgIpc) is 3.49. The second-order valence-corrected chi connectivity index (χ2v) is 10.8. The summed E-state index contributed by atoms with van der Waals surface area (Å²) in [4.78, 5) is 0. The van der Waals surface area contributed by atoms with Gasteiger partial charge in [-0.05, 0) is 92.0 Å². The summed E-state index contributed by atoms with van der Waals surface area (Å²) in [5, 5.41) is 5.33. The number of hydrogen-bond donors (Lipinski definition) is 0. The summed E-state index contributed by atoms with van der Waals surface area (Å²) in [5.74, 6) is 0. The first-order valence-corrected chi connectivity index (χ1v) is 13.3. The van der Waals surface area contributed by atoms with E-state index in [1.54, 1.807) is 0 Å². The van der Waals surface area contributed by atoms with Crippen LogP contribution in [-0.4, -0.2) is 0 Å². The predicted octanol–water partition coefficient (Wildman–Crippen LogP) is 10.1. The van der Waals surface area contributed by atoms with Crippen molar-refractivity contribution in [1.29, 1.82) is 0 Å². The zero-order valence-corrected chi connectivity index (χ0v) is 20.5. The molecule has 0 atom stereocenters. The zero-order valence-electron chi connectivity index (χ0n) is 19.7. The molecule has 0 saturated heterocycles. The molecule has 6 aromatic carbocycles. The predicted molar refractivity (Wildman–Crippen MR) is 156 cm³/mol. The Labute approximate surface area is 214 Å². The van der Waals surface area contributed by atoms with E-state index in [1.165, 1.54) is 75.5 Å². The van der Waals surface area contributed by atoms with E-state index in [4.69, 9.17) is 0 Å². The van der Waals surface area contributed by atoms with E-state index in [2.05, 4.69) is 121 Å². The van der Waals surface area contributed by atoms with Crippen LogP contribution >= 0.6 is 11.3 Å². The monoisotopic (exact) mass is 474 g/mol. The van der Waals surface area contributed by atoms with Crippen LogP contribution in [0, 0.1) is 0 Å². The molecule has 0 amide bonds. The van der Waals surface area contributed by atoms with Crippen LogP contribution in [-0.2, 0) is 6.42 Å². The van der Waals surface area contributed by atoms with E-state index < -0.39 is 0 Å². The van der Waals surface area contributed by atoms with Crippen molar-refractivity contribution in [3.63, 3.8) is 0 Å². The van der Waals surface area contributed by atoms with Gasteiger partial charge < -0.3 is 0 Å². The van der Waals surface area contributed by atoms with Crippen molar-refractivity contribution in [3.05, 3.63) is 132 Å². The molecule has 0 aliphatic heterocycles. The normalized spacial score (nSPS) is 12.3. The highest BCUT2D eigenvalue weighted by Crippen LogP contribution is 2.46. The van der Waals surface area contributed by atoms with Crippen molar-refractivity contribution in [1.82, 2.24) is 0 Å². The standard InChI is InChI=1S/C35H22S/c1-2-8-22(9-3-1)30-18-26(25-14-15-29-28-12-6-7-13-34(28)36-35(29)21-25)19-32-31-17-24-11-5-4-10-23(24)16-27(31)20-33(30)32/h1-19,21H,20H2. The molecule has 0 nitrogen and oxygen atoms in total. The van der Waals surface area contributed by atoms with Crippen molar-refractivity contribution < 1.29 is 0 Å². The minimum atomic E-state index is 0.982. The highest BCUT2D eigenvalue weighted by Gasteiger charge is 2.24. The lowest BCUT2D eigenvalue weighted by Gasteiger charge is -2.13. The summed E-state index contributed by atoms with van der Waals surface area (Å²) in [6.45, 7) is 0. The molecule has 0 bridgehead atoms. The van der Waals surface area contributed by atoms with Crippen LogP contribution in [0.25, 0.3) is 64.3 Å². The number of thiophene rings is 1. The molecule has 1 heteroatoms. The van der Waals surface area contributed by atoms with Crippen LogP contribution < -0.4 is 0 Å². The summed E-state index contributed by atoms with van der Waals surface area (Å²) >= 11 is 1.89. The fourth-order valence-electron chi connectivity index (χ4n) is 5.93. The van der Waals surface area contributed by atoms with Gasteiger partial charge in [-0.15, -0.1) is 11.3 Å². The number of hydrogen-bond acceptors (Lipinski definition) is 1. The van der Waals surface area contributed by atoms with Gasteiger partial charge in [-0.25, -0.2) is 0 Å². The molecule has 0 fully saturated rings. The van der Waals surface area contributed by atoms with Crippen LogP contribution in [0.4, 0.5) is 0 Å². The Hall–Kier alpha value is -4.20. The molecule has 0 spiro atoms. The molecule has 168 valence electrons. The highest BCUT2D eigenvalue weighted by atomic mass is 32.1. The van der Waals surface area contributed by atoms with Gasteiger partial charge in [0, 0.05) is 20.2 Å². The first-order valence-electron chi connectivity index (χ1n) is 12.5. The fraction of sp³-hybridized carbons (Fsp3) is 0.0286. The van der Waals surface area contributed by atoms with Gasteiger partial charge in [-0.2, -0.15) is 0 Å². The van der Waals surface area contributed by atoms with E-state index in [0.717, 1.165) is 6.42 Å². The Kier molecular flexibility index (Phi) is 4.26. The molecular formula is C35H22S. The molecule has 0 N–H and O–H groups in total. The van der Waals surface area contributed by atoms with Crippen molar-refractivity contribution >= 4 is 42.3 Å². The molecule has 0 radical (unpaired) electrons. The summed E-state index contributed by atoms with van der Waals surface area (Å²) in [7, 11) is 0. The molecule has 7 aromatic rings. The summed E-state index contributed by atoms with van der Waals surface area (Å²) in [6.07, 6.45) is 0.982. The first kappa shape index (κ1) is 20.0. The Bertz CT molecular complexity index is 1960. The second kappa shape index (κ2) is 7.65. The molecule has 0 saturated carbocycles. The van der Waals surface area contributed by atoms with Gasteiger partial charge in [0.15, 0.2) is 0 Å². The largest absolute Gasteiger partial charge is 0.135 e. The third kappa shape index (κ3) is 3.00. The number of fused-ring (bicyclic) bond motifs is 7. The van der Waals surface area contributed by atoms with Crippen LogP contribution in [0.5, 0.6) is 0 Å². The molecule has 1 aliphatic carbocycles. The highest BCUT2D eigenvalue weighted by molar-refractivity contribution is 7.25. The maximum Gasteiger partial charge on any atom is 0.0361 e. The first-order chi connectivity index (χ1) is 17.8. The molecular weight excluding hydrogens is 452 g/mol. The maximum absolute atomic E-state index is 2.43. The maximum atomic E-state index is 2.43. The van der Waals surface area contributed by atoms with E-state index in [1.807, 2.05) is 11.3 Å². The molecule has 36 heavy (non-hydrogen) atoms. The Morgan fingerprint density at radius 3 is 2.06 bits per heavy atom. The van der Waals surface area contributed by atoms with Gasteiger partial charge in [0.1, 0.15) is 0 Å². The summed E-state index contributed by atoms with van der Waals surface area (Å²) in [5.41, 5.74) is 10.8. The van der Waals surface area contributed by atoms with E-state index in [0.29, 0.717) is 0 Å². The van der Waals surface area contributed by atoms with Crippen LogP contribution in [0.3, 0.4) is 0 Å². The van der Waals surface area contributed by atoms with Crippen molar-refractivity contribution in [2.75, 3.05) is 0 Å². The van der Waals surface area contributed by atoms with Crippen molar-refractivity contribution in [2.45, 2.75) is 6.42 Å². The van der Waals surface area contributed by atoms with Crippen LogP contribution in [0.1, 0.15) is 11.1 Å². The molecule has 1 heterocycles.